The molecular formula is C22H25Cl2N5O5. The van der Waals surface area contributed by atoms with Gasteiger partial charge < -0.3 is 25.7 Å². The Labute approximate surface area is 205 Å². The lowest BCUT2D eigenvalue weighted by molar-refractivity contribution is -0.146. The predicted molar refractivity (Wildman–Crippen MR) is 124 cm³/mol. The van der Waals surface area contributed by atoms with E-state index in [0.29, 0.717) is 46.4 Å². The lowest BCUT2D eigenvalue weighted by Crippen LogP contribution is -2.52. The van der Waals surface area contributed by atoms with Gasteiger partial charge in [0.25, 0.3) is 5.91 Å². The van der Waals surface area contributed by atoms with E-state index in [1.54, 1.807) is 6.07 Å². The average Bonchev–Trinajstić information content (AvgIpc) is 3.36. The van der Waals surface area contributed by atoms with Crippen molar-refractivity contribution in [3.8, 4) is 0 Å². The summed E-state index contributed by atoms with van der Waals surface area (Å²) in [4.78, 5) is 57.4. The minimum absolute atomic E-state index is 0.0140. The van der Waals surface area contributed by atoms with Crippen molar-refractivity contribution in [2.45, 2.75) is 44.2 Å². The van der Waals surface area contributed by atoms with E-state index in [9.17, 15) is 19.2 Å². The number of fused-ring (bicyclic) bond motifs is 1. The smallest absolute Gasteiger partial charge is 0.328 e. The molecule has 4 N–H and O–H groups in total. The Hall–Kier alpha value is -2.85. The lowest BCUT2D eigenvalue weighted by atomic mass is 9.98. The zero-order valence-corrected chi connectivity index (χ0v) is 20.0. The quantitative estimate of drug-likeness (QED) is 0.380. The third-order valence-corrected chi connectivity index (χ3v) is 6.60. The highest BCUT2D eigenvalue weighted by Crippen LogP contribution is 2.34. The number of H-pyrrole nitrogens is 1. The van der Waals surface area contributed by atoms with E-state index in [4.69, 9.17) is 27.9 Å². The molecule has 1 aromatic heterocycles. The summed E-state index contributed by atoms with van der Waals surface area (Å²) in [6.07, 6.45) is 3.03. The van der Waals surface area contributed by atoms with Crippen molar-refractivity contribution in [3.63, 3.8) is 0 Å². The highest BCUT2D eigenvalue weighted by atomic mass is 35.5. The SMILES string of the molecule is COC(=O)C(C[C@@H]1CCNC1=O)NC(=O)C(CC1CC1)NC(=O)c1nc2c(Cl)cc(Cl)cc2[nH]1. The van der Waals surface area contributed by atoms with Crippen LogP contribution in [0.4, 0.5) is 0 Å². The molecule has 4 rings (SSSR count). The molecule has 34 heavy (non-hydrogen) atoms. The molecule has 1 aliphatic carbocycles. The van der Waals surface area contributed by atoms with Crippen molar-refractivity contribution in [2.24, 2.45) is 11.8 Å². The number of aromatic amines is 1. The van der Waals surface area contributed by atoms with Crippen LogP contribution in [0, 0.1) is 11.8 Å². The Morgan fingerprint density at radius 3 is 2.56 bits per heavy atom. The van der Waals surface area contributed by atoms with Gasteiger partial charge >= 0.3 is 5.97 Å². The van der Waals surface area contributed by atoms with Crippen LogP contribution in [-0.4, -0.2) is 59.4 Å². The van der Waals surface area contributed by atoms with Gasteiger partial charge in [0.1, 0.15) is 17.6 Å². The number of nitrogens with zero attached hydrogens (tertiary/aromatic N) is 1. The third-order valence-electron chi connectivity index (χ3n) is 6.09. The number of halogens is 2. The predicted octanol–water partition coefficient (Wildman–Crippen LogP) is 1.95. The average molecular weight is 510 g/mol. The van der Waals surface area contributed by atoms with Crippen molar-refractivity contribution in [2.75, 3.05) is 13.7 Å². The first-order valence-corrected chi connectivity index (χ1v) is 11.8. The van der Waals surface area contributed by atoms with E-state index in [0.717, 1.165) is 12.8 Å². The van der Waals surface area contributed by atoms with Crippen LogP contribution < -0.4 is 16.0 Å². The normalized spacial score (nSPS) is 19.4. The monoisotopic (exact) mass is 509 g/mol. The molecule has 1 saturated carbocycles. The first-order chi connectivity index (χ1) is 16.2. The van der Waals surface area contributed by atoms with Crippen LogP contribution in [0.15, 0.2) is 12.1 Å². The highest BCUT2D eigenvalue weighted by molar-refractivity contribution is 6.38. The molecule has 1 saturated heterocycles. The zero-order valence-electron chi connectivity index (χ0n) is 18.5. The minimum Gasteiger partial charge on any atom is -0.467 e. The molecule has 0 spiro atoms. The molecular weight excluding hydrogens is 485 g/mol. The topological polar surface area (TPSA) is 142 Å². The van der Waals surface area contributed by atoms with E-state index in [-0.39, 0.29) is 18.2 Å². The highest BCUT2D eigenvalue weighted by Gasteiger charge is 2.36. The summed E-state index contributed by atoms with van der Waals surface area (Å²) in [5.74, 6) is -2.02. The van der Waals surface area contributed by atoms with Crippen molar-refractivity contribution in [1.82, 2.24) is 25.9 Å². The van der Waals surface area contributed by atoms with Gasteiger partial charge in [-0.3, -0.25) is 14.4 Å². The lowest BCUT2D eigenvalue weighted by Gasteiger charge is -2.23. The Bertz CT molecular complexity index is 1130. The molecule has 1 aromatic carbocycles. The molecule has 0 bridgehead atoms. The van der Waals surface area contributed by atoms with Gasteiger partial charge in [-0.1, -0.05) is 36.0 Å². The van der Waals surface area contributed by atoms with Crippen molar-refractivity contribution in [3.05, 3.63) is 28.0 Å². The Kier molecular flexibility index (Phi) is 7.27. The summed E-state index contributed by atoms with van der Waals surface area (Å²) >= 11 is 12.2. The fourth-order valence-corrected chi connectivity index (χ4v) is 4.61. The summed E-state index contributed by atoms with van der Waals surface area (Å²) in [6, 6.07) is 1.23. The number of carbonyl (C=O) groups is 4. The maximum absolute atomic E-state index is 13.1. The summed E-state index contributed by atoms with van der Waals surface area (Å²) in [5.41, 5.74) is 0.881. The van der Waals surface area contributed by atoms with Gasteiger partial charge in [0, 0.05) is 17.5 Å². The number of hydrogen-bond donors (Lipinski definition) is 4. The van der Waals surface area contributed by atoms with Crippen LogP contribution in [0.3, 0.4) is 0 Å². The number of amides is 3. The molecule has 2 aromatic rings. The van der Waals surface area contributed by atoms with Gasteiger partial charge in [0.2, 0.25) is 11.8 Å². The Morgan fingerprint density at radius 2 is 1.91 bits per heavy atom. The fraction of sp³-hybridized carbons (Fsp3) is 0.500. The van der Waals surface area contributed by atoms with E-state index in [2.05, 4.69) is 25.9 Å². The number of benzene rings is 1. The van der Waals surface area contributed by atoms with Gasteiger partial charge in [-0.05, 0) is 37.3 Å². The van der Waals surface area contributed by atoms with Crippen LogP contribution in [0.2, 0.25) is 10.0 Å². The Balaban J connectivity index is 1.48. The van der Waals surface area contributed by atoms with Gasteiger partial charge in [0.15, 0.2) is 5.82 Å². The van der Waals surface area contributed by atoms with E-state index in [1.807, 2.05) is 0 Å². The summed E-state index contributed by atoms with van der Waals surface area (Å²) in [7, 11) is 1.22. The third kappa shape index (κ3) is 5.61. The largest absolute Gasteiger partial charge is 0.467 e. The molecule has 2 heterocycles. The number of hydrogen-bond acceptors (Lipinski definition) is 6. The molecule has 182 valence electrons. The molecule has 12 heteroatoms. The van der Waals surface area contributed by atoms with Crippen LogP contribution in [-0.2, 0) is 19.1 Å². The molecule has 2 unspecified atom stereocenters. The Morgan fingerprint density at radius 1 is 1.15 bits per heavy atom. The number of aromatic nitrogens is 2. The molecule has 1 aliphatic heterocycles. The van der Waals surface area contributed by atoms with Crippen molar-refractivity contribution in [1.29, 1.82) is 0 Å². The number of carbonyl (C=O) groups excluding carboxylic acids is 4. The van der Waals surface area contributed by atoms with Crippen LogP contribution in [0.1, 0.15) is 42.7 Å². The fourth-order valence-electron chi connectivity index (χ4n) is 4.08. The second kappa shape index (κ2) is 10.2. The second-order valence-corrected chi connectivity index (χ2v) is 9.51. The number of methoxy groups -OCH3 is 1. The number of imidazole rings is 1. The summed E-state index contributed by atoms with van der Waals surface area (Å²) < 4.78 is 4.83. The number of nitrogens with one attached hydrogen (secondary N) is 4. The van der Waals surface area contributed by atoms with Crippen molar-refractivity contribution < 1.29 is 23.9 Å². The first kappa shape index (κ1) is 24.3. The standard InChI is InChI=1S/C22H25Cl2N5O5/c1-34-22(33)16(7-11-4-5-25-19(11)30)28-20(31)15(6-10-2-3-10)27-21(32)18-26-14-9-12(23)8-13(24)17(14)29-18/h8-11,15-16H,2-7H2,1H3,(H,25,30)(H,26,29)(H,27,32)(H,28,31)/t11-,15?,16?/m0/s1. The molecule has 10 nitrogen and oxygen atoms in total. The number of rotatable bonds is 9. The first-order valence-electron chi connectivity index (χ1n) is 11.1. The molecule has 3 amide bonds. The summed E-state index contributed by atoms with van der Waals surface area (Å²) in [6.45, 7) is 0.526. The van der Waals surface area contributed by atoms with Gasteiger partial charge in [0.05, 0.1) is 17.6 Å². The summed E-state index contributed by atoms with van der Waals surface area (Å²) in [5, 5.41) is 8.79. The van der Waals surface area contributed by atoms with Gasteiger partial charge in [-0.25, -0.2) is 9.78 Å². The van der Waals surface area contributed by atoms with Gasteiger partial charge in [-0.15, -0.1) is 0 Å². The molecule has 0 radical (unpaired) electrons. The van der Waals surface area contributed by atoms with E-state index in [1.165, 1.54) is 13.2 Å². The maximum Gasteiger partial charge on any atom is 0.328 e. The van der Waals surface area contributed by atoms with E-state index < -0.39 is 35.8 Å². The number of ether oxygens (including phenoxy) is 1. The second-order valence-electron chi connectivity index (χ2n) is 8.67. The minimum atomic E-state index is -1.00. The molecule has 2 aliphatic rings. The van der Waals surface area contributed by atoms with Crippen LogP contribution >= 0.6 is 23.2 Å². The van der Waals surface area contributed by atoms with Crippen LogP contribution in [0.25, 0.3) is 11.0 Å². The zero-order chi connectivity index (χ0) is 24.4. The van der Waals surface area contributed by atoms with Crippen molar-refractivity contribution >= 4 is 57.9 Å². The maximum atomic E-state index is 13.1. The van der Waals surface area contributed by atoms with Crippen LogP contribution in [0.5, 0.6) is 0 Å². The van der Waals surface area contributed by atoms with E-state index >= 15 is 0 Å². The van der Waals surface area contributed by atoms with Gasteiger partial charge in [-0.2, -0.15) is 0 Å². The molecule has 2 fully saturated rings. The number of esters is 1. The molecule has 3 atom stereocenters.